The van der Waals surface area contributed by atoms with Crippen LogP contribution in [-0.2, 0) is 0 Å². The van der Waals surface area contributed by atoms with Crippen LogP contribution in [-0.4, -0.2) is 49.8 Å². The van der Waals surface area contributed by atoms with Crippen LogP contribution in [0.5, 0.6) is 0 Å². The summed E-state index contributed by atoms with van der Waals surface area (Å²) >= 11 is 0. The number of hydrogen-bond donors (Lipinski definition) is 2. The maximum Gasteiger partial charge on any atom is 0.254 e. The van der Waals surface area contributed by atoms with Crippen molar-refractivity contribution in [3.63, 3.8) is 0 Å². The van der Waals surface area contributed by atoms with Crippen LogP contribution in [0.4, 0.5) is 0 Å². The Kier molecular flexibility index (Phi) is 4.65. The molecule has 0 aromatic carbocycles. The Morgan fingerprint density at radius 2 is 2.08 bits per heavy atom. The van der Waals surface area contributed by atoms with E-state index < -0.39 is 0 Å². The summed E-state index contributed by atoms with van der Waals surface area (Å²) in [6.07, 6.45) is 10.3. The third-order valence-electron chi connectivity index (χ3n) is 4.31. The third-order valence-corrected chi connectivity index (χ3v) is 4.31. The van der Waals surface area contributed by atoms with Crippen LogP contribution in [0.2, 0.25) is 0 Å². The minimum absolute atomic E-state index is 0.147. The summed E-state index contributed by atoms with van der Waals surface area (Å²) in [6, 6.07) is 5.73. The average molecular weight is 349 g/mol. The Balaban J connectivity index is 1.52. The normalized spacial score (nSPS) is 17.0. The molecule has 1 amide bonds. The van der Waals surface area contributed by atoms with Crippen molar-refractivity contribution in [3.05, 3.63) is 54.7 Å². The SMILES string of the molecule is O=C(NC1CCCNC1)c1cnc(-c2ccnn2-c2cccnc2)nc1. The molecule has 3 aromatic heterocycles. The highest BCUT2D eigenvalue weighted by Crippen LogP contribution is 2.18. The highest BCUT2D eigenvalue weighted by molar-refractivity contribution is 5.93. The van der Waals surface area contributed by atoms with Crippen LogP contribution in [0, 0.1) is 0 Å². The monoisotopic (exact) mass is 349 g/mol. The second-order valence-electron chi connectivity index (χ2n) is 6.15. The zero-order chi connectivity index (χ0) is 17.8. The Bertz CT molecular complexity index is 870. The highest BCUT2D eigenvalue weighted by atomic mass is 16.1. The number of rotatable bonds is 4. The molecule has 0 saturated carbocycles. The highest BCUT2D eigenvalue weighted by Gasteiger charge is 2.17. The lowest BCUT2D eigenvalue weighted by atomic mass is 10.1. The van der Waals surface area contributed by atoms with Crippen molar-refractivity contribution in [2.45, 2.75) is 18.9 Å². The Morgan fingerprint density at radius 1 is 1.19 bits per heavy atom. The summed E-state index contributed by atoms with van der Waals surface area (Å²) in [5, 5.41) is 10.6. The molecule has 26 heavy (non-hydrogen) atoms. The zero-order valence-electron chi connectivity index (χ0n) is 14.2. The fraction of sp³-hybridized carbons (Fsp3) is 0.278. The molecule has 8 heteroatoms. The molecule has 1 atom stereocenters. The van der Waals surface area contributed by atoms with Gasteiger partial charge in [0.05, 0.1) is 23.6 Å². The molecule has 0 aliphatic carbocycles. The third kappa shape index (κ3) is 3.45. The largest absolute Gasteiger partial charge is 0.348 e. The number of pyridine rings is 1. The minimum atomic E-state index is -0.147. The molecule has 0 spiro atoms. The Labute approximate surface area is 150 Å². The number of piperidine rings is 1. The van der Waals surface area contributed by atoms with Gasteiger partial charge < -0.3 is 10.6 Å². The van der Waals surface area contributed by atoms with E-state index in [9.17, 15) is 4.79 Å². The maximum atomic E-state index is 12.4. The number of aromatic nitrogens is 5. The van der Waals surface area contributed by atoms with Gasteiger partial charge in [0.2, 0.25) is 0 Å². The smallest absolute Gasteiger partial charge is 0.254 e. The molecule has 1 saturated heterocycles. The van der Waals surface area contributed by atoms with Crippen molar-refractivity contribution < 1.29 is 4.79 Å². The van der Waals surface area contributed by atoms with Crippen molar-refractivity contribution in [2.24, 2.45) is 0 Å². The lowest BCUT2D eigenvalue weighted by molar-refractivity contribution is 0.0930. The summed E-state index contributed by atoms with van der Waals surface area (Å²) in [5.41, 5.74) is 2.01. The first-order valence-corrected chi connectivity index (χ1v) is 8.60. The van der Waals surface area contributed by atoms with Gasteiger partial charge in [0.25, 0.3) is 5.91 Å². The van der Waals surface area contributed by atoms with Crippen molar-refractivity contribution in [1.29, 1.82) is 0 Å². The molecular weight excluding hydrogens is 330 g/mol. The fourth-order valence-corrected chi connectivity index (χ4v) is 2.98. The maximum absolute atomic E-state index is 12.4. The number of nitrogens with one attached hydrogen (secondary N) is 2. The molecule has 0 bridgehead atoms. The van der Waals surface area contributed by atoms with E-state index in [-0.39, 0.29) is 11.9 Å². The Morgan fingerprint density at radius 3 is 2.81 bits per heavy atom. The van der Waals surface area contributed by atoms with E-state index in [1.165, 1.54) is 0 Å². The summed E-state index contributed by atoms with van der Waals surface area (Å²) in [5.74, 6) is 0.355. The average Bonchev–Trinajstić information content (AvgIpc) is 3.19. The second-order valence-corrected chi connectivity index (χ2v) is 6.15. The van der Waals surface area contributed by atoms with Crippen molar-refractivity contribution >= 4 is 5.91 Å². The van der Waals surface area contributed by atoms with E-state index in [4.69, 9.17) is 0 Å². The molecule has 4 heterocycles. The van der Waals surface area contributed by atoms with Crippen LogP contribution in [0.3, 0.4) is 0 Å². The van der Waals surface area contributed by atoms with Crippen LogP contribution in [0.15, 0.2) is 49.2 Å². The topological polar surface area (TPSA) is 97.6 Å². The van der Waals surface area contributed by atoms with E-state index in [1.54, 1.807) is 35.7 Å². The van der Waals surface area contributed by atoms with Crippen LogP contribution in [0.1, 0.15) is 23.2 Å². The molecule has 8 nitrogen and oxygen atoms in total. The van der Waals surface area contributed by atoms with E-state index in [0.717, 1.165) is 37.3 Å². The molecule has 4 rings (SSSR count). The van der Waals surface area contributed by atoms with Crippen molar-refractivity contribution in [3.8, 4) is 17.2 Å². The molecule has 1 aliphatic rings. The van der Waals surface area contributed by atoms with E-state index in [2.05, 4.69) is 30.7 Å². The van der Waals surface area contributed by atoms with Gasteiger partial charge in [-0.1, -0.05) is 0 Å². The summed E-state index contributed by atoms with van der Waals surface area (Å²) in [7, 11) is 0. The summed E-state index contributed by atoms with van der Waals surface area (Å²) < 4.78 is 1.72. The molecule has 1 fully saturated rings. The van der Waals surface area contributed by atoms with Gasteiger partial charge in [-0.25, -0.2) is 14.6 Å². The number of hydrogen-bond acceptors (Lipinski definition) is 6. The summed E-state index contributed by atoms with van der Waals surface area (Å²) in [6.45, 7) is 1.81. The predicted octanol–water partition coefficient (Wildman–Crippen LogP) is 1.21. The van der Waals surface area contributed by atoms with Crippen LogP contribution < -0.4 is 10.6 Å². The molecule has 0 radical (unpaired) electrons. The van der Waals surface area contributed by atoms with Gasteiger partial charge in [0.15, 0.2) is 5.82 Å². The first kappa shape index (κ1) is 16.3. The van der Waals surface area contributed by atoms with Gasteiger partial charge in [0, 0.05) is 31.2 Å². The first-order chi connectivity index (χ1) is 12.8. The van der Waals surface area contributed by atoms with E-state index >= 15 is 0 Å². The van der Waals surface area contributed by atoms with Crippen LogP contribution in [0.25, 0.3) is 17.2 Å². The first-order valence-electron chi connectivity index (χ1n) is 8.60. The van der Waals surface area contributed by atoms with Gasteiger partial charge >= 0.3 is 0 Å². The van der Waals surface area contributed by atoms with Crippen molar-refractivity contribution in [2.75, 3.05) is 13.1 Å². The standard InChI is InChI=1S/C18H19N7O/c26-18(24-14-3-1-6-19-11-14)13-9-21-17(22-10-13)16-5-8-23-25(16)15-4-2-7-20-12-15/h2,4-5,7-10,12,14,19H,1,3,6,11H2,(H,24,26). The lowest BCUT2D eigenvalue weighted by Gasteiger charge is -2.23. The van der Waals surface area contributed by atoms with E-state index in [0.29, 0.717) is 11.4 Å². The van der Waals surface area contributed by atoms with Gasteiger partial charge in [-0.3, -0.25) is 9.78 Å². The number of nitrogens with zero attached hydrogens (tertiary/aromatic N) is 5. The molecule has 3 aromatic rings. The number of carbonyl (C=O) groups excluding carboxylic acids is 1. The van der Waals surface area contributed by atoms with E-state index in [1.807, 2.05) is 18.2 Å². The molecule has 1 unspecified atom stereocenters. The van der Waals surface area contributed by atoms with Gasteiger partial charge in [0.1, 0.15) is 5.69 Å². The van der Waals surface area contributed by atoms with Gasteiger partial charge in [-0.2, -0.15) is 5.10 Å². The number of carbonyl (C=O) groups is 1. The quantitative estimate of drug-likeness (QED) is 0.735. The van der Waals surface area contributed by atoms with Crippen molar-refractivity contribution in [1.82, 2.24) is 35.4 Å². The summed E-state index contributed by atoms with van der Waals surface area (Å²) in [4.78, 5) is 25.2. The zero-order valence-corrected chi connectivity index (χ0v) is 14.2. The predicted molar refractivity (Wildman–Crippen MR) is 95.7 cm³/mol. The van der Waals surface area contributed by atoms with Crippen LogP contribution >= 0.6 is 0 Å². The second kappa shape index (κ2) is 7.40. The molecule has 1 aliphatic heterocycles. The molecule has 132 valence electrons. The number of amides is 1. The van der Waals surface area contributed by atoms with Gasteiger partial charge in [-0.15, -0.1) is 0 Å². The Hall–Kier alpha value is -3.13. The molecular formula is C18H19N7O. The minimum Gasteiger partial charge on any atom is -0.348 e. The van der Waals surface area contributed by atoms with Gasteiger partial charge in [-0.05, 0) is 37.6 Å². The molecule has 2 N–H and O–H groups in total. The fourth-order valence-electron chi connectivity index (χ4n) is 2.98. The lowest BCUT2D eigenvalue weighted by Crippen LogP contribution is -2.45.